The van der Waals surface area contributed by atoms with Crippen LogP contribution in [0.15, 0.2) is 109 Å². The molecular weight excluding hydrogens is 573 g/mol. The van der Waals surface area contributed by atoms with E-state index < -0.39 is 5.60 Å². The van der Waals surface area contributed by atoms with Crippen molar-refractivity contribution in [2.75, 3.05) is 31.5 Å². The highest BCUT2D eigenvalue weighted by atomic mass is 19.1. The van der Waals surface area contributed by atoms with Crippen molar-refractivity contribution in [1.82, 2.24) is 20.2 Å². The molecule has 6 nitrogen and oxygen atoms in total. The maximum Gasteiger partial charge on any atom is 0.204 e. The molecule has 0 amide bonds. The van der Waals surface area contributed by atoms with Gasteiger partial charge in [0.25, 0.3) is 0 Å². The Morgan fingerprint density at radius 2 is 1.26 bits per heavy atom. The highest BCUT2D eigenvalue weighted by molar-refractivity contribution is 5.78. The number of piperidine rings is 2. The highest BCUT2D eigenvalue weighted by Crippen LogP contribution is 2.40. The summed E-state index contributed by atoms with van der Waals surface area (Å²) in [4.78, 5) is 4.78. The third kappa shape index (κ3) is 8.02. The average Bonchev–Trinajstić information content (AvgIpc) is 3.47. The van der Waals surface area contributed by atoms with Crippen LogP contribution in [0.25, 0.3) is 11.0 Å². The number of hydrogen-bond donors (Lipinski definition) is 4. The van der Waals surface area contributed by atoms with Gasteiger partial charge in [-0.2, -0.15) is 0 Å². The van der Waals surface area contributed by atoms with Gasteiger partial charge in [0.15, 0.2) is 0 Å². The Hall–Kier alpha value is -4.04. The van der Waals surface area contributed by atoms with E-state index in [0.717, 1.165) is 85.5 Å². The third-order valence-corrected chi connectivity index (χ3v) is 8.94. The molecule has 2 fully saturated rings. The molecule has 46 heavy (non-hydrogen) atoms. The molecule has 2 aliphatic heterocycles. The topological polar surface area (TPSA) is 74.1 Å². The fourth-order valence-corrected chi connectivity index (χ4v) is 6.53. The van der Waals surface area contributed by atoms with Crippen molar-refractivity contribution in [3.05, 3.63) is 132 Å². The number of hydrogen-bond acceptors (Lipinski definition) is 5. The summed E-state index contributed by atoms with van der Waals surface area (Å²) in [6.07, 6.45) is 4.19. The molecule has 242 valence electrons. The lowest BCUT2D eigenvalue weighted by molar-refractivity contribution is 0.00236. The van der Waals surface area contributed by atoms with Crippen molar-refractivity contribution < 1.29 is 9.50 Å². The lowest BCUT2D eigenvalue weighted by atomic mass is 9.72. The maximum atomic E-state index is 13.2. The molecule has 0 radical (unpaired) electrons. The zero-order chi connectivity index (χ0) is 32.2. The Balaban J connectivity index is 0.000000175. The van der Waals surface area contributed by atoms with Crippen LogP contribution in [0.1, 0.15) is 56.2 Å². The molecule has 4 aromatic carbocycles. The summed E-state index contributed by atoms with van der Waals surface area (Å²) in [5.74, 6) is 0.947. The van der Waals surface area contributed by atoms with Crippen LogP contribution in [0.3, 0.4) is 0 Å². The number of nitrogens with zero attached hydrogens (tertiary/aromatic N) is 2. The van der Waals surface area contributed by atoms with Crippen molar-refractivity contribution in [3.8, 4) is 0 Å². The van der Waals surface area contributed by atoms with Crippen LogP contribution in [-0.2, 0) is 12.1 Å². The van der Waals surface area contributed by atoms with Crippen LogP contribution >= 0.6 is 0 Å². The number of aromatic nitrogens is 2. The van der Waals surface area contributed by atoms with Gasteiger partial charge in [0, 0.05) is 6.04 Å². The summed E-state index contributed by atoms with van der Waals surface area (Å²) < 4.78 is 15.4. The van der Waals surface area contributed by atoms with Crippen LogP contribution in [0.2, 0.25) is 0 Å². The standard InChI is InChI=1S/C19H21FN4.C18H21NO.C2H6/c20-15-7-5-14(6-8-15)13-24-18-4-2-1-3-17(18)23-19(24)22-16-9-11-21-12-10-16;20-18(15-7-3-1-4-8-15,16-9-5-2-6-10-16)17-11-13-19-14-12-17;1-2/h1-8,16,21H,9-13H2,(H,22,23);1-10,17,19-20H,11-14H2;1-2H3. The van der Waals surface area contributed by atoms with E-state index in [9.17, 15) is 9.50 Å². The third-order valence-electron chi connectivity index (χ3n) is 8.94. The van der Waals surface area contributed by atoms with Crippen molar-refractivity contribution in [1.29, 1.82) is 0 Å². The minimum Gasteiger partial charge on any atom is -0.380 e. The molecule has 0 aliphatic carbocycles. The van der Waals surface area contributed by atoms with Crippen molar-refractivity contribution >= 4 is 17.0 Å². The minimum absolute atomic E-state index is 0.206. The average molecular weight is 622 g/mol. The predicted molar refractivity (Wildman–Crippen MR) is 188 cm³/mol. The first-order valence-corrected chi connectivity index (χ1v) is 16.8. The number of aliphatic hydroxyl groups is 1. The van der Waals surface area contributed by atoms with Gasteiger partial charge in [-0.25, -0.2) is 9.37 Å². The van der Waals surface area contributed by atoms with Gasteiger partial charge < -0.3 is 25.6 Å². The molecule has 7 heteroatoms. The lowest BCUT2D eigenvalue weighted by Gasteiger charge is -2.39. The first-order valence-electron chi connectivity index (χ1n) is 16.8. The summed E-state index contributed by atoms with van der Waals surface area (Å²) >= 11 is 0. The molecule has 4 N–H and O–H groups in total. The van der Waals surface area contributed by atoms with Gasteiger partial charge in [0.2, 0.25) is 5.95 Å². The van der Waals surface area contributed by atoms with Crippen LogP contribution in [0.4, 0.5) is 10.3 Å². The molecule has 0 spiro atoms. The van der Waals surface area contributed by atoms with E-state index in [1.807, 2.05) is 105 Å². The number of para-hydroxylation sites is 2. The summed E-state index contributed by atoms with van der Waals surface area (Å²) in [5.41, 5.74) is 4.25. The Bertz CT molecular complexity index is 1560. The number of rotatable bonds is 7. The molecule has 0 unspecified atom stereocenters. The second kappa shape index (κ2) is 16.5. The smallest absolute Gasteiger partial charge is 0.204 e. The van der Waals surface area contributed by atoms with E-state index in [1.165, 1.54) is 12.1 Å². The Kier molecular flexibility index (Phi) is 12.0. The Morgan fingerprint density at radius 1 is 0.739 bits per heavy atom. The summed E-state index contributed by atoms with van der Waals surface area (Å²) in [7, 11) is 0. The summed E-state index contributed by atoms with van der Waals surface area (Å²) in [5, 5.41) is 21.9. The fourth-order valence-electron chi connectivity index (χ4n) is 6.53. The molecule has 0 bridgehead atoms. The second-order valence-electron chi connectivity index (χ2n) is 11.8. The van der Waals surface area contributed by atoms with Gasteiger partial charge in [-0.3, -0.25) is 0 Å². The molecule has 7 rings (SSSR count). The number of nitrogens with one attached hydrogen (secondary N) is 3. The van der Waals surface area contributed by atoms with E-state index >= 15 is 0 Å². The summed E-state index contributed by atoms with van der Waals surface area (Å²) in [6.45, 7) is 8.71. The zero-order valence-electron chi connectivity index (χ0n) is 27.1. The molecule has 1 aromatic heterocycles. The van der Waals surface area contributed by atoms with E-state index in [2.05, 4.69) is 26.6 Å². The molecule has 3 heterocycles. The lowest BCUT2D eigenvalue weighted by Crippen LogP contribution is -2.42. The number of fused-ring (bicyclic) bond motifs is 1. The largest absolute Gasteiger partial charge is 0.380 e. The normalized spacial score (nSPS) is 15.7. The van der Waals surface area contributed by atoms with Crippen molar-refractivity contribution in [3.63, 3.8) is 0 Å². The first kappa shape index (κ1) is 33.3. The van der Waals surface area contributed by atoms with Gasteiger partial charge in [-0.05, 0) is 98.7 Å². The van der Waals surface area contributed by atoms with E-state index in [-0.39, 0.29) is 11.7 Å². The fraction of sp³-hybridized carbons (Fsp3) is 0.359. The first-order chi connectivity index (χ1) is 22.6. The Labute approximate surface area is 273 Å². The van der Waals surface area contributed by atoms with Crippen molar-refractivity contribution in [2.24, 2.45) is 5.92 Å². The van der Waals surface area contributed by atoms with Gasteiger partial charge in [-0.15, -0.1) is 0 Å². The number of imidazole rings is 1. The van der Waals surface area contributed by atoms with Crippen LogP contribution in [0.5, 0.6) is 0 Å². The van der Waals surface area contributed by atoms with Crippen LogP contribution in [-0.4, -0.2) is 46.9 Å². The Morgan fingerprint density at radius 3 is 1.85 bits per heavy atom. The molecule has 0 atom stereocenters. The van der Waals surface area contributed by atoms with Gasteiger partial charge in [-0.1, -0.05) is 98.8 Å². The number of anilines is 1. The minimum atomic E-state index is -0.884. The van der Waals surface area contributed by atoms with Crippen LogP contribution < -0.4 is 16.0 Å². The molecule has 0 saturated carbocycles. The highest BCUT2D eigenvalue weighted by Gasteiger charge is 2.40. The summed E-state index contributed by atoms with van der Waals surface area (Å²) in [6, 6.07) is 35.4. The van der Waals surface area contributed by atoms with Gasteiger partial charge >= 0.3 is 0 Å². The molecule has 5 aromatic rings. The molecule has 2 aliphatic rings. The van der Waals surface area contributed by atoms with Crippen LogP contribution in [0, 0.1) is 11.7 Å². The predicted octanol–water partition coefficient (Wildman–Crippen LogP) is 7.34. The quantitative estimate of drug-likeness (QED) is 0.153. The van der Waals surface area contributed by atoms with Crippen molar-refractivity contribution in [2.45, 2.75) is 57.7 Å². The SMILES string of the molecule is CC.Fc1ccc(Cn2c(NC3CCNCC3)nc3ccccc32)cc1.OC(c1ccccc1)(c1ccccc1)C1CCNCC1. The van der Waals surface area contributed by atoms with Gasteiger partial charge in [0.05, 0.1) is 17.6 Å². The van der Waals surface area contributed by atoms with E-state index in [0.29, 0.717) is 12.6 Å². The van der Waals surface area contributed by atoms with E-state index in [1.54, 1.807) is 0 Å². The number of benzene rings is 4. The monoisotopic (exact) mass is 621 g/mol. The molecule has 2 saturated heterocycles. The number of halogens is 1. The molecular formula is C39H48FN5O. The second-order valence-corrected chi connectivity index (χ2v) is 11.8. The van der Waals surface area contributed by atoms with Gasteiger partial charge in [0.1, 0.15) is 11.4 Å². The zero-order valence-corrected chi connectivity index (χ0v) is 27.1. The maximum absolute atomic E-state index is 13.2. The van der Waals surface area contributed by atoms with E-state index in [4.69, 9.17) is 4.98 Å².